The van der Waals surface area contributed by atoms with Gasteiger partial charge >= 0.3 is 0 Å². The molecule has 7 heteroatoms. The van der Waals surface area contributed by atoms with E-state index in [0.717, 1.165) is 22.0 Å². The summed E-state index contributed by atoms with van der Waals surface area (Å²) in [5, 5.41) is 20.8. The van der Waals surface area contributed by atoms with Crippen molar-refractivity contribution in [3.63, 3.8) is 0 Å². The van der Waals surface area contributed by atoms with Crippen LogP contribution in [0.3, 0.4) is 0 Å². The van der Waals surface area contributed by atoms with Crippen LogP contribution in [0.5, 0.6) is 11.6 Å². The topological polar surface area (TPSA) is 89.1 Å². The predicted molar refractivity (Wildman–Crippen MR) is 146 cm³/mol. The van der Waals surface area contributed by atoms with E-state index in [9.17, 15) is 9.90 Å². The van der Waals surface area contributed by atoms with Crippen molar-refractivity contribution in [2.24, 2.45) is 16.1 Å². The van der Waals surface area contributed by atoms with Gasteiger partial charge in [0.2, 0.25) is 5.88 Å². The molecule has 0 radical (unpaired) electrons. The number of pyridine rings is 1. The van der Waals surface area contributed by atoms with Gasteiger partial charge in [0.25, 0.3) is 5.91 Å². The van der Waals surface area contributed by atoms with Gasteiger partial charge in [0.15, 0.2) is 5.69 Å². The van der Waals surface area contributed by atoms with E-state index in [1.54, 1.807) is 19.2 Å². The molecule has 37 heavy (non-hydrogen) atoms. The molecule has 186 valence electrons. The molecule has 2 aromatic heterocycles. The first-order valence-electron chi connectivity index (χ1n) is 12.2. The summed E-state index contributed by atoms with van der Waals surface area (Å²) in [7, 11) is 1.58. The van der Waals surface area contributed by atoms with Crippen LogP contribution in [0.15, 0.2) is 83.0 Å². The summed E-state index contributed by atoms with van der Waals surface area (Å²) >= 11 is 0. The van der Waals surface area contributed by atoms with E-state index in [0.29, 0.717) is 40.4 Å². The maximum Gasteiger partial charge on any atom is 0.296 e. The Morgan fingerprint density at radius 3 is 2.54 bits per heavy atom. The number of carbonyl (C=O) groups excluding carboxylic acids is 1. The van der Waals surface area contributed by atoms with Crippen LogP contribution < -0.4 is 4.74 Å². The molecule has 0 atom stereocenters. The minimum absolute atomic E-state index is 0.00270. The predicted octanol–water partition coefficient (Wildman–Crippen LogP) is 7.46. The first-order valence-corrected chi connectivity index (χ1v) is 12.2. The van der Waals surface area contributed by atoms with E-state index in [1.165, 1.54) is 0 Å². The SMILES string of the molecule is COc1ccc2nc(-c3ccccc3)cc(C(=O)N=Nc3c(O)n(CC(C)C)c4ccc(C)cc34)c2c1. The number of methoxy groups -OCH3 is 1. The third-order valence-corrected chi connectivity index (χ3v) is 6.27. The second-order valence-electron chi connectivity index (χ2n) is 9.51. The molecule has 3 aromatic carbocycles. The largest absolute Gasteiger partial charge is 0.497 e. The summed E-state index contributed by atoms with van der Waals surface area (Å²) in [4.78, 5) is 18.3. The van der Waals surface area contributed by atoms with Crippen molar-refractivity contribution in [3.8, 4) is 22.9 Å². The number of benzene rings is 3. The Hall–Kier alpha value is -4.52. The van der Waals surface area contributed by atoms with Crippen LogP contribution in [0.25, 0.3) is 33.1 Å². The lowest BCUT2D eigenvalue weighted by molar-refractivity contribution is 0.0996. The third kappa shape index (κ3) is 4.68. The molecule has 0 aliphatic heterocycles. The van der Waals surface area contributed by atoms with Crippen LogP contribution >= 0.6 is 0 Å². The highest BCUT2D eigenvalue weighted by molar-refractivity contribution is 6.08. The van der Waals surface area contributed by atoms with Gasteiger partial charge in [-0.25, -0.2) is 4.98 Å². The standard InChI is InChI=1S/C30H28N4O3/c1-18(2)17-34-27-13-10-19(3)14-24(27)28(30(34)36)32-33-29(35)23-16-26(20-8-6-5-7-9-20)31-25-12-11-21(37-4)15-22(23)25/h5-16,18,36H,17H2,1-4H3. The van der Waals surface area contributed by atoms with Crippen molar-refractivity contribution >= 4 is 33.4 Å². The molecule has 1 amide bonds. The molecule has 0 saturated carbocycles. The van der Waals surface area contributed by atoms with Crippen LogP contribution in [-0.2, 0) is 6.54 Å². The minimum atomic E-state index is -0.533. The van der Waals surface area contributed by atoms with Crippen LogP contribution in [0.2, 0.25) is 0 Å². The number of azo groups is 1. The van der Waals surface area contributed by atoms with Crippen LogP contribution in [0, 0.1) is 12.8 Å². The molecule has 0 fully saturated rings. The fourth-order valence-corrected chi connectivity index (χ4v) is 4.50. The zero-order chi connectivity index (χ0) is 26.1. The number of hydrogen-bond acceptors (Lipinski definition) is 5. The first kappa shape index (κ1) is 24.2. The van der Waals surface area contributed by atoms with Crippen molar-refractivity contribution in [3.05, 3.63) is 83.9 Å². The van der Waals surface area contributed by atoms with Gasteiger partial charge in [-0.2, -0.15) is 0 Å². The number of amides is 1. The maximum atomic E-state index is 13.5. The van der Waals surface area contributed by atoms with Crippen molar-refractivity contribution in [1.82, 2.24) is 9.55 Å². The highest BCUT2D eigenvalue weighted by Gasteiger charge is 2.19. The van der Waals surface area contributed by atoms with Crippen molar-refractivity contribution in [1.29, 1.82) is 0 Å². The van der Waals surface area contributed by atoms with Gasteiger partial charge in [0.1, 0.15) is 5.75 Å². The molecule has 0 spiro atoms. The van der Waals surface area contributed by atoms with E-state index in [4.69, 9.17) is 9.72 Å². The molecule has 2 heterocycles. The molecular formula is C30H28N4O3. The number of aryl methyl sites for hydroxylation is 1. The number of carbonyl (C=O) groups is 1. The van der Waals surface area contributed by atoms with Crippen LogP contribution in [0.4, 0.5) is 5.69 Å². The number of fused-ring (bicyclic) bond motifs is 2. The van der Waals surface area contributed by atoms with Gasteiger partial charge < -0.3 is 14.4 Å². The second kappa shape index (κ2) is 9.85. The highest BCUT2D eigenvalue weighted by Crippen LogP contribution is 2.40. The fraction of sp³-hybridized carbons (Fsp3) is 0.200. The molecule has 7 nitrogen and oxygen atoms in total. The Morgan fingerprint density at radius 2 is 1.81 bits per heavy atom. The number of aromatic nitrogens is 2. The lowest BCUT2D eigenvalue weighted by Gasteiger charge is -2.09. The van der Waals surface area contributed by atoms with Crippen molar-refractivity contribution < 1.29 is 14.6 Å². The molecule has 0 unspecified atom stereocenters. The lowest BCUT2D eigenvalue weighted by atomic mass is 10.0. The summed E-state index contributed by atoms with van der Waals surface area (Å²) in [5.74, 6) is 0.383. The summed E-state index contributed by atoms with van der Waals surface area (Å²) in [6, 6.07) is 22.7. The number of nitrogens with zero attached hydrogens (tertiary/aromatic N) is 4. The monoisotopic (exact) mass is 492 g/mol. The van der Waals surface area contributed by atoms with Gasteiger partial charge in [-0.3, -0.25) is 4.79 Å². The molecular weight excluding hydrogens is 464 g/mol. The van der Waals surface area contributed by atoms with Crippen LogP contribution in [0.1, 0.15) is 29.8 Å². The zero-order valence-electron chi connectivity index (χ0n) is 21.3. The lowest BCUT2D eigenvalue weighted by Crippen LogP contribution is -2.03. The molecule has 5 aromatic rings. The summed E-state index contributed by atoms with van der Waals surface area (Å²) in [6.45, 7) is 6.75. The number of rotatable bonds is 6. The Morgan fingerprint density at radius 1 is 1.03 bits per heavy atom. The number of ether oxygens (including phenoxy) is 1. The second-order valence-corrected chi connectivity index (χ2v) is 9.51. The fourth-order valence-electron chi connectivity index (χ4n) is 4.50. The van der Waals surface area contributed by atoms with E-state index >= 15 is 0 Å². The maximum absolute atomic E-state index is 13.5. The van der Waals surface area contributed by atoms with Crippen molar-refractivity contribution in [2.45, 2.75) is 27.3 Å². The van der Waals surface area contributed by atoms with Gasteiger partial charge in [0, 0.05) is 22.9 Å². The quantitative estimate of drug-likeness (QED) is 0.249. The van der Waals surface area contributed by atoms with Gasteiger partial charge in [0.05, 0.1) is 29.4 Å². The summed E-state index contributed by atoms with van der Waals surface area (Å²) < 4.78 is 7.20. The minimum Gasteiger partial charge on any atom is -0.497 e. The highest BCUT2D eigenvalue weighted by atomic mass is 16.5. The Kier molecular flexibility index (Phi) is 6.44. The third-order valence-electron chi connectivity index (χ3n) is 6.27. The average molecular weight is 493 g/mol. The van der Waals surface area contributed by atoms with Gasteiger partial charge in [-0.15, -0.1) is 10.2 Å². The zero-order valence-corrected chi connectivity index (χ0v) is 21.3. The molecule has 0 saturated heterocycles. The summed E-state index contributed by atoms with van der Waals surface area (Å²) in [5.41, 5.74) is 4.70. The first-order chi connectivity index (χ1) is 17.9. The summed E-state index contributed by atoms with van der Waals surface area (Å²) in [6.07, 6.45) is 0. The van der Waals surface area contributed by atoms with Gasteiger partial charge in [-0.05, 0) is 49.2 Å². The van der Waals surface area contributed by atoms with E-state index in [-0.39, 0.29) is 11.6 Å². The van der Waals surface area contributed by atoms with E-state index < -0.39 is 5.91 Å². The molecule has 1 N–H and O–H groups in total. The van der Waals surface area contributed by atoms with Crippen molar-refractivity contribution in [2.75, 3.05) is 7.11 Å². The molecule has 0 aliphatic carbocycles. The number of hydrogen-bond donors (Lipinski definition) is 1. The Labute approximate surface area is 215 Å². The Balaban J connectivity index is 1.63. The average Bonchev–Trinajstić information content (AvgIpc) is 3.15. The molecule has 0 aliphatic rings. The van der Waals surface area contributed by atoms with Gasteiger partial charge in [-0.1, -0.05) is 55.8 Å². The molecule has 0 bridgehead atoms. The normalized spacial score (nSPS) is 11.7. The molecule has 5 rings (SSSR count). The van der Waals surface area contributed by atoms with E-state index in [2.05, 4.69) is 24.1 Å². The smallest absolute Gasteiger partial charge is 0.296 e. The number of aromatic hydroxyl groups is 1. The van der Waals surface area contributed by atoms with E-state index in [1.807, 2.05) is 72.2 Å². The Bertz CT molecular complexity index is 1650. The van der Waals surface area contributed by atoms with Crippen LogP contribution in [-0.4, -0.2) is 27.7 Å².